The molecular formula is C12H14BrNO2S. The minimum atomic E-state index is -3.57. The fourth-order valence-electron chi connectivity index (χ4n) is 1.31. The summed E-state index contributed by atoms with van der Waals surface area (Å²) in [5.74, 6) is 2.40. The van der Waals surface area contributed by atoms with Crippen LogP contribution >= 0.6 is 15.9 Å². The molecule has 0 aromatic heterocycles. The number of rotatable bonds is 4. The zero-order chi connectivity index (χ0) is 13.1. The molecule has 1 aromatic rings. The van der Waals surface area contributed by atoms with Gasteiger partial charge < -0.3 is 0 Å². The first kappa shape index (κ1) is 14.2. The monoisotopic (exact) mass is 315 g/mol. The molecule has 1 atom stereocenters. The van der Waals surface area contributed by atoms with E-state index in [1.54, 1.807) is 18.2 Å². The fourth-order valence-corrected chi connectivity index (χ4v) is 3.74. The Kier molecular flexibility index (Phi) is 4.75. The summed E-state index contributed by atoms with van der Waals surface area (Å²) in [7, 11) is -3.57. The predicted octanol–water partition coefficient (Wildman–Crippen LogP) is 2.45. The molecule has 0 radical (unpaired) electrons. The molecule has 0 saturated heterocycles. The Labute approximate surface area is 111 Å². The summed E-state index contributed by atoms with van der Waals surface area (Å²) in [5, 5.41) is 0. The van der Waals surface area contributed by atoms with Crippen LogP contribution in [0.1, 0.15) is 18.9 Å². The van der Waals surface area contributed by atoms with Crippen molar-refractivity contribution in [2.45, 2.75) is 31.2 Å². The molecule has 17 heavy (non-hydrogen) atoms. The van der Waals surface area contributed by atoms with Crippen LogP contribution in [0.15, 0.2) is 27.6 Å². The molecule has 1 rings (SSSR count). The van der Waals surface area contributed by atoms with Crippen LogP contribution < -0.4 is 4.72 Å². The second-order valence-corrected chi connectivity index (χ2v) is 6.22. The van der Waals surface area contributed by atoms with E-state index >= 15 is 0 Å². The summed E-state index contributed by atoms with van der Waals surface area (Å²) in [6.45, 7) is 3.72. The van der Waals surface area contributed by atoms with E-state index in [9.17, 15) is 8.42 Å². The molecule has 92 valence electrons. The number of sulfonamides is 1. The summed E-state index contributed by atoms with van der Waals surface area (Å²) >= 11 is 3.25. The second kappa shape index (κ2) is 5.67. The van der Waals surface area contributed by atoms with Crippen molar-refractivity contribution in [3.8, 4) is 12.3 Å². The van der Waals surface area contributed by atoms with Crippen molar-refractivity contribution in [2.75, 3.05) is 0 Å². The van der Waals surface area contributed by atoms with Gasteiger partial charge in [0.15, 0.2) is 0 Å². The van der Waals surface area contributed by atoms with E-state index in [0.29, 0.717) is 10.9 Å². The standard InChI is InChI=1S/C12H14BrNO2S/c1-4-10(5-2)14-17(15,16)12-7-6-9(3)8-11(12)13/h1,6-8,10,14H,5H2,2-3H3. The van der Waals surface area contributed by atoms with Crippen molar-refractivity contribution in [3.05, 3.63) is 28.2 Å². The zero-order valence-corrected chi connectivity index (χ0v) is 12.1. The number of nitrogens with one attached hydrogen (secondary N) is 1. The first-order valence-corrected chi connectivity index (χ1v) is 7.43. The van der Waals surface area contributed by atoms with Gasteiger partial charge in [-0.25, -0.2) is 8.42 Å². The van der Waals surface area contributed by atoms with E-state index in [2.05, 4.69) is 26.6 Å². The Morgan fingerprint density at radius 2 is 2.18 bits per heavy atom. The normalized spacial score (nSPS) is 13.1. The molecule has 0 fully saturated rings. The molecule has 0 spiro atoms. The second-order valence-electron chi connectivity index (χ2n) is 3.68. The lowest BCUT2D eigenvalue weighted by Crippen LogP contribution is -2.33. The van der Waals surface area contributed by atoms with E-state index < -0.39 is 16.1 Å². The van der Waals surface area contributed by atoms with E-state index in [1.165, 1.54) is 0 Å². The summed E-state index contributed by atoms with van der Waals surface area (Å²) < 4.78 is 27.1. The molecular weight excluding hydrogens is 302 g/mol. The maximum absolute atomic E-state index is 12.1. The van der Waals surface area contributed by atoms with Gasteiger partial charge in [-0.3, -0.25) is 0 Å². The molecule has 1 aromatic carbocycles. The topological polar surface area (TPSA) is 46.2 Å². The maximum atomic E-state index is 12.1. The van der Waals surface area contributed by atoms with E-state index in [0.717, 1.165) is 5.56 Å². The molecule has 0 bridgehead atoms. The van der Waals surface area contributed by atoms with Crippen molar-refractivity contribution in [3.63, 3.8) is 0 Å². The third-order valence-corrected chi connectivity index (χ3v) is 4.73. The SMILES string of the molecule is C#CC(CC)NS(=O)(=O)c1ccc(C)cc1Br. The first-order chi connectivity index (χ1) is 7.90. The average molecular weight is 316 g/mol. The fraction of sp³-hybridized carbons (Fsp3) is 0.333. The third-order valence-electron chi connectivity index (χ3n) is 2.28. The van der Waals surface area contributed by atoms with E-state index in [1.807, 2.05) is 13.8 Å². The molecule has 0 saturated carbocycles. The number of hydrogen-bond donors (Lipinski definition) is 1. The molecule has 0 amide bonds. The van der Waals surface area contributed by atoms with Crippen molar-refractivity contribution in [2.24, 2.45) is 0 Å². The highest BCUT2D eigenvalue weighted by Crippen LogP contribution is 2.23. The Hall–Kier alpha value is -0.830. The highest BCUT2D eigenvalue weighted by molar-refractivity contribution is 9.10. The van der Waals surface area contributed by atoms with Gasteiger partial charge in [-0.05, 0) is 47.0 Å². The molecule has 5 heteroatoms. The van der Waals surface area contributed by atoms with Crippen molar-refractivity contribution in [1.29, 1.82) is 0 Å². The third kappa shape index (κ3) is 3.56. The summed E-state index contributed by atoms with van der Waals surface area (Å²) in [6, 6.07) is 4.58. The average Bonchev–Trinajstić information content (AvgIpc) is 2.25. The van der Waals surface area contributed by atoms with Gasteiger partial charge in [-0.1, -0.05) is 18.9 Å². The van der Waals surface area contributed by atoms with Crippen LogP contribution in [0.25, 0.3) is 0 Å². The van der Waals surface area contributed by atoms with Crippen LogP contribution in [-0.4, -0.2) is 14.5 Å². The Bertz CT molecular complexity index is 546. The quantitative estimate of drug-likeness (QED) is 0.867. The van der Waals surface area contributed by atoms with Gasteiger partial charge in [0.05, 0.1) is 10.9 Å². The summed E-state index contributed by atoms with van der Waals surface area (Å²) in [4.78, 5) is 0.205. The van der Waals surface area contributed by atoms with E-state index in [-0.39, 0.29) is 4.90 Å². The van der Waals surface area contributed by atoms with Gasteiger partial charge in [0.2, 0.25) is 10.0 Å². The number of halogens is 1. The number of benzene rings is 1. The molecule has 0 aliphatic heterocycles. The van der Waals surface area contributed by atoms with Gasteiger partial charge in [0.1, 0.15) is 0 Å². The lowest BCUT2D eigenvalue weighted by Gasteiger charge is -2.12. The number of aryl methyl sites for hydroxylation is 1. The minimum Gasteiger partial charge on any atom is -0.207 e. The zero-order valence-electron chi connectivity index (χ0n) is 9.70. The molecule has 1 unspecified atom stereocenters. The molecule has 0 heterocycles. The van der Waals surface area contributed by atoms with Gasteiger partial charge >= 0.3 is 0 Å². The van der Waals surface area contributed by atoms with Gasteiger partial charge in [-0.15, -0.1) is 6.42 Å². The molecule has 1 N–H and O–H groups in total. The number of terminal acetylenes is 1. The molecule has 3 nitrogen and oxygen atoms in total. The van der Waals surface area contributed by atoms with Crippen LogP contribution in [-0.2, 0) is 10.0 Å². The number of hydrogen-bond acceptors (Lipinski definition) is 2. The maximum Gasteiger partial charge on any atom is 0.242 e. The molecule has 0 aliphatic rings. The van der Waals surface area contributed by atoms with Crippen molar-refractivity contribution < 1.29 is 8.42 Å². The Balaban J connectivity index is 3.10. The van der Waals surface area contributed by atoms with E-state index in [4.69, 9.17) is 6.42 Å². The predicted molar refractivity (Wildman–Crippen MR) is 72.1 cm³/mol. The van der Waals surface area contributed by atoms with Crippen LogP contribution in [0.4, 0.5) is 0 Å². The Morgan fingerprint density at radius 3 is 2.65 bits per heavy atom. The minimum absolute atomic E-state index is 0.205. The van der Waals surface area contributed by atoms with Crippen LogP contribution in [0.2, 0.25) is 0 Å². The molecule has 0 aliphatic carbocycles. The van der Waals surface area contributed by atoms with Crippen LogP contribution in [0.5, 0.6) is 0 Å². The highest BCUT2D eigenvalue weighted by atomic mass is 79.9. The van der Waals surface area contributed by atoms with Gasteiger partial charge in [0.25, 0.3) is 0 Å². The van der Waals surface area contributed by atoms with Crippen molar-refractivity contribution in [1.82, 2.24) is 4.72 Å². The lowest BCUT2D eigenvalue weighted by molar-refractivity contribution is 0.570. The summed E-state index contributed by atoms with van der Waals surface area (Å²) in [5.41, 5.74) is 0.986. The Morgan fingerprint density at radius 1 is 1.53 bits per heavy atom. The van der Waals surface area contributed by atoms with Crippen LogP contribution in [0.3, 0.4) is 0 Å². The first-order valence-electron chi connectivity index (χ1n) is 5.15. The van der Waals surface area contributed by atoms with Crippen LogP contribution in [0, 0.1) is 19.3 Å². The largest absolute Gasteiger partial charge is 0.242 e. The lowest BCUT2D eigenvalue weighted by atomic mass is 10.2. The smallest absolute Gasteiger partial charge is 0.207 e. The highest BCUT2D eigenvalue weighted by Gasteiger charge is 2.20. The van der Waals surface area contributed by atoms with Gasteiger partial charge in [-0.2, -0.15) is 4.72 Å². The van der Waals surface area contributed by atoms with Gasteiger partial charge in [0, 0.05) is 4.47 Å². The van der Waals surface area contributed by atoms with Crippen molar-refractivity contribution >= 4 is 26.0 Å². The summed E-state index contributed by atoms with van der Waals surface area (Å²) in [6.07, 6.45) is 5.80.